The zero-order valence-electron chi connectivity index (χ0n) is 19.5. The molecule has 2 aromatic carbocycles. The van der Waals surface area contributed by atoms with E-state index in [0.29, 0.717) is 22.5 Å². The Balaban J connectivity index is 1.82. The van der Waals surface area contributed by atoms with Crippen LogP contribution in [0.3, 0.4) is 0 Å². The van der Waals surface area contributed by atoms with Crippen molar-refractivity contribution < 1.29 is 24.2 Å². The highest BCUT2D eigenvalue weighted by Gasteiger charge is 2.19. The van der Waals surface area contributed by atoms with E-state index in [1.54, 1.807) is 68.5 Å². The molecule has 0 saturated carbocycles. The standard InChI is InChI=1S/C25H26ClN3O5S/c1-25(2,3)34-23(31)28-19-11-10-18(21-5-4-12-35-21)13-20(19)27-22(30)17-8-6-16(7-9-17)14-29(15-26)24(32)33/h4-13H,14-15H2,1-3H3,(H,27,30)(H,28,31)(H,32,33). The van der Waals surface area contributed by atoms with Gasteiger partial charge in [-0.1, -0.05) is 24.3 Å². The van der Waals surface area contributed by atoms with E-state index < -0.39 is 17.8 Å². The summed E-state index contributed by atoms with van der Waals surface area (Å²) in [7, 11) is 0. The highest BCUT2D eigenvalue weighted by atomic mass is 35.5. The lowest BCUT2D eigenvalue weighted by Crippen LogP contribution is -2.27. The minimum Gasteiger partial charge on any atom is -0.465 e. The van der Waals surface area contributed by atoms with Crippen molar-refractivity contribution in [3.05, 3.63) is 71.1 Å². The number of carbonyl (C=O) groups is 3. The van der Waals surface area contributed by atoms with Crippen LogP contribution in [-0.4, -0.2) is 39.7 Å². The highest BCUT2D eigenvalue weighted by Crippen LogP contribution is 2.32. The maximum Gasteiger partial charge on any atom is 0.412 e. The zero-order valence-corrected chi connectivity index (χ0v) is 21.1. The first kappa shape index (κ1) is 26.1. The number of hydrogen-bond donors (Lipinski definition) is 3. The van der Waals surface area contributed by atoms with Crippen molar-refractivity contribution in [2.24, 2.45) is 0 Å². The third-order valence-corrected chi connectivity index (χ3v) is 5.92. The highest BCUT2D eigenvalue weighted by molar-refractivity contribution is 7.13. The van der Waals surface area contributed by atoms with Crippen molar-refractivity contribution in [3.63, 3.8) is 0 Å². The normalized spacial score (nSPS) is 11.0. The Hall–Kier alpha value is -3.56. The first-order valence-electron chi connectivity index (χ1n) is 10.7. The van der Waals surface area contributed by atoms with E-state index in [-0.39, 0.29) is 18.5 Å². The number of thiophene rings is 1. The fourth-order valence-corrected chi connectivity index (χ4v) is 4.01. The molecule has 1 heterocycles. The number of anilines is 2. The fraction of sp³-hybridized carbons (Fsp3) is 0.240. The van der Waals surface area contributed by atoms with Crippen LogP contribution in [0.25, 0.3) is 10.4 Å². The van der Waals surface area contributed by atoms with Crippen LogP contribution in [-0.2, 0) is 11.3 Å². The van der Waals surface area contributed by atoms with Gasteiger partial charge in [0.1, 0.15) is 5.60 Å². The van der Waals surface area contributed by atoms with Crippen LogP contribution in [0.15, 0.2) is 60.0 Å². The summed E-state index contributed by atoms with van der Waals surface area (Å²) in [4.78, 5) is 38.6. The Kier molecular flexibility index (Phi) is 8.37. The van der Waals surface area contributed by atoms with Crippen LogP contribution in [0.5, 0.6) is 0 Å². The second-order valence-corrected chi connectivity index (χ2v) is 9.80. The molecule has 35 heavy (non-hydrogen) atoms. The number of carbonyl (C=O) groups excluding carboxylic acids is 2. The molecule has 0 atom stereocenters. The number of carboxylic acid groups (broad SMARTS) is 1. The number of benzene rings is 2. The second-order valence-electron chi connectivity index (χ2n) is 8.62. The van der Waals surface area contributed by atoms with Crippen molar-refractivity contribution in [1.29, 1.82) is 0 Å². The zero-order chi connectivity index (χ0) is 25.6. The SMILES string of the molecule is CC(C)(C)OC(=O)Nc1ccc(-c2cccs2)cc1NC(=O)c1ccc(CN(CCl)C(=O)O)cc1. The molecule has 3 rings (SSSR count). The van der Waals surface area contributed by atoms with E-state index in [2.05, 4.69) is 10.6 Å². The lowest BCUT2D eigenvalue weighted by molar-refractivity contribution is 0.0635. The van der Waals surface area contributed by atoms with Crippen molar-refractivity contribution in [2.75, 3.05) is 16.6 Å². The number of ether oxygens (including phenoxy) is 1. The summed E-state index contributed by atoms with van der Waals surface area (Å²) in [6.45, 7) is 5.40. The maximum absolute atomic E-state index is 13.0. The van der Waals surface area contributed by atoms with Crippen molar-refractivity contribution in [2.45, 2.75) is 32.9 Å². The average molecular weight is 516 g/mol. The number of nitrogens with zero attached hydrogens (tertiary/aromatic N) is 1. The van der Waals surface area contributed by atoms with Gasteiger partial charge in [0.05, 0.1) is 23.9 Å². The summed E-state index contributed by atoms with van der Waals surface area (Å²) in [5.41, 5.74) is 2.07. The summed E-state index contributed by atoms with van der Waals surface area (Å²) in [5, 5.41) is 16.6. The monoisotopic (exact) mass is 515 g/mol. The number of alkyl halides is 1. The molecule has 0 bridgehead atoms. The molecule has 0 fully saturated rings. The van der Waals surface area contributed by atoms with Crippen LogP contribution in [0, 0.1) is 0 Å². The summed E-state index contributed by atoms with van der Waals surface area (Å²) < 4.78 is 5.34. The smallest absolute Gasteiger partial charge is 0.412 e. The van der Waals surface area contributed by atoms with Gasteiger partial charge in [-0.15, -0.1) is 22.9 Å². The molecule has 184 valence electrons. The Labute approximate surface area is 212 Å². The molecule has 10 heteroatoms. The second kappa shape index (κ2) is 11.2. The molecule has 0 radical (unpaired) electrons. The largest absolute Gasteiger partial charge is 0.465 e. The third-order valence-electron chi connectivity index (χ3n) is 4.71. The van der Waals surface area contributed by atoms with E-state index in [0.717, 1.165) is 15.3 Å². The minimum atomic E-state index is -1.13. The van der Waals surface area contributed by atoms with Crippen LogP contribution in [0.4, 0.5) is 21.0 Å². The van der Waals surface area contributed by atoms with Crippen LogP contribution >= 0.6 is 22.9 Å². The van der Waals surface area contributed by atoms with Crippen molar-refractivity contribution in [3.8, 4) is 10.4 Å². The van der Waals surface area contributed by atoms with Gasteiger partial charge in [-0.3, -0.25) is 15.0 Å². The number of rotatable bonds is 7. The summed E-state index contributed by atoms with van der Waals surface area (Å²) in [6.07, 6.45) is -1.76. The topological polar surface area (TPSA) is 108 Å². The number of amides is 3. The first-order valence-corrected chi connectivity index (χ1v) is 12.1. The fourth-order valence-electron chi connectivity index (χ4n) is 3.10. The molecule has 0 saturated heterocycles. The van der Waals surface area contributed by atoms with Crippen LogP contribution in [0.2, 0.25) is 0 Å². The van der Waals surface area contributed by atoms with E-state index in [9.17, 15) is 14.4 Å². The van der Waals surface area contributed by atoms with Gasteiger partial charge in [-0.2, -0.15) is 0 Å². The molecule has 0 aliphatic carbocycles. The van der Waals surface area contributed by atoms with Gasteiger partial charge < -0.3 is 15.2 Å². The molecule has 3 amide bonds. The van der Waals surface area contributed by atoms with Gasteiger partial charge in [0, 0.05) is 10.4 Å². The predicted molar refractivity (Wildman–Crippen MR) is 138 cm³/mol. The summed E-state index contributed by atoms with van der Waals surface area (Å²) in [6, 6.07) is 15.6. The lowest BCUT2D eigenvalue weighted by atomic mass is 10.1. The molecule has 0 unspecified atom stereocenters. The Morgan fingerprint density at radius 3 is 2.31 bits per heavy atom. The van der Waals surface area contributed by atoms with Gasteiger partial charge in [-0.05, 0) is 67.6 Å². The van der Waals surface area contributed by atoms with Crippen LogP contribution in [0.1, 0.15) is 36.7 Å². The first-order chi connectivity index (χ1) is 16.6. The molecule has 0 aliphatic rings. The maximum atomic E-state index is 13.0. The van der Waals surface area contributed by atoms with Gasteiger partial charge in [0.15, 0.2) is 0 Å². The third kappa shape index (κ3) is 7.46. The molecule has 1 aromatic heterocycles. The Morgan fingerprint density at radius 1 is 1.03 bits per heavy atom. The molecule has 0 aliphatic heterocycles. The quantitative estimate of drug-likeness (QED) is 0.240. The van der Waals surface area contributed by atoms with Gasteiger partial charge >= 0.3 is 12.2 Å². The van der Waals surface area contributed by atoms with E-state index in [1.807, 2.05) is 23.6 Å². The van der Waals surface area contributed by atoms with E-state index in [4.69, 9.17) is 21.4 Å². The molecular formula is C25H26ClN3O5S. The number of halogens is 1. The van der Waals surface area contributed by atoms with Crippen molar-refractivity contribution >= 4 is 52.4 Å². The Morgan fingerprint density at radius 2 is 1.74 bits per heavy atom. The van der Waals surface area contributed by atoms with Gasteiger partial charge in [-0.25, -0.2) is 9.59 Å². The number of nitrogens with one attached hydrogen (secondary N) is 2. The lowest BCUT2D eigenvalue weighted by Gasteiger charge is -2.21. The summed E-state index contributed by atoms with van der Waals surface area (Å²) in [5.74, 6) is -0.389. The molecule has 3 aromatic rings. The van der Waals surface area contributed by atoms with Gasteiger partial charge in [0.25, 0.3) is 5.91 Å². The minimum absolute atomic E-state index is 0.105. The van der Waals surface area contributed by atoms with E-state index in [1.165, 1.54) is 0 Å². The van der Waals surface area contributed by atoms with Crippen molar-refractivity contribution in [1.82, 2.24) is 4.90 Å². The van der Waals surface area contributed by atoms with Crippen LogP contribution < -0.4 is 10.6 Å². The predicted octanol–water partition coefficient (Wildman–Crippen LogP) is 6.69. The molecular weight excluding hydrogens is 490 g/mol. The molecule has 3 N–H and O–H groups in total. The van der Waals surface area contributed by atoms with Gasteiger partial charge in [0.2, 0.25) is 0 Å². The molecule has 0 spiro atoms. The Bertz CT molecular complexity index is 1190. The number of hydrogen-bond acceptors (Lipinski definition) is 5. The van der Waals surface area contributed by atoms with E-state index >= 15 is 0 Å². The molecule has 8 nitrogen and oxygen atoms in total. The average Bonchev–Trinajstić information content (AvgIpc) is 3.32. The summed E-state index contributed by atoms with van der Waals surface area (Å²) >= 11 is 7.22.